The Morgan fingerprint density at radius 2 is 2.05 bits per heavy atom. The number of rotatable bonds is 3. The second kappa shape index (κ2) is 6.13. The third-order valence-electron chi connectivity index (χ3n) is 3.08. The third kappa shape index (κ3) is 4.12. The lowest BCUT2D eigenvalue weighted by Crippen LogP contribution is -2.41. The van der Waals surface area contributed by atoms with Crippen LogP contribution in [0.15, 0.2) is 30.3 Å². The molecule has 1 amide bonds. The summed E-state index contributed by atoms with van der Waals surface area (Å²) in [5.41, 5.74) is 0.825. The van der Waals surface area contributed by atoms with E-state index in [1.165, 1.54) is 0 Å². The molecule has 1 aliphatic heterocycles. The van der Waals surface area contributed by atoms with Gasteiger partial charge in [0.25, 0.3) is 0 Å². The van der Waals surface area contributed by atoms with Crippen molar-refractivity contribution in [3.63, 3.8) is 0 Å². The maximum atomic E-state index is 12.4. The first kappa shape index (κ1) is 14.6. The summed E-state index contributed by atoms with van der Waals surface area (Å²) < 4.78 is 42.2. The van der Waals surface area contributed by atoms with E-state index < -0.39 is 18.4 Å². The molecular formula is C13H15F3N2O2. The number of amides is 1. The second-order valence-corrected chi connectivity index (χ2v) is 4.61. The molecule has 1 aliphatic rings. The molecule has 0 spiro atoms. The van der Waals surface area contributed by atoms with Crippen LogP contribution in [-0.2, 0) is 11.3 Å². The summed E-state index contributed by atoms with van der Waals surface area (Å²) in [4.78, 5) is 11.9. The number of nitrogens with zero attached hydrogens (tertiary/aromatic N) is 1. The van der Waals surface area contributed by atoms with Crippen molar-refractivity contribution < 1.29 is 22.7 Å². The monoisotopic (exact) mass is 288 g/mol. The maximum absolute atomic E-state index is 12.4. The zero-order valence-corrected chi connectivity index (χ0v) is 10.7. The molecule has 1 N–H and O–H groups in total. The number of ether oxygens (including phenoxy) is 1. The smallest absolute Gasteiger partial charge is 0.445 e. The van der Waals surface area contributed by atoms with E-state index in [9.17, 15) is 18.0 Å². The first-order valence-electron chi connectivity index (χ1n) is 6.24. The van der Waals surface area contributed by atoms with E-state index in [0.717, 1.165) is 5.56 Å². The maximum Gasteiger partial charge on any atom is 0.459 e. The minimum Gasteiger partial charge on any atom is -0.445 e. The number of nitrogens with one attached hydrogen (secondary N) is 1. The molecular weight excluding hydrogens is 273 g/mol. The summed E-state index contributed by atoms with van der Waals surface area (Å²) in [7, 11) is 0. The van der Waals surface area contributed by atoms with Crippen molar-refractivity contribution >= 4 is 6.09 Å². The van der Waals surface area contributed by atoms with Gasteiger partial charge in [-0.15, -0.1) is 0 Å². The van der Waals surface area contributed by atoms with Crippen LogP contribution in [-0.4, -0.2) is 36.4 Å². The van der Waals surface area contributed by atoms with Gasteiger partial charge in [0, 0.05) is 19.1 Å². The molecule has 4 nitrogen and oxygen atoms in total. The number of likely N-dealkylation sites (tertiary alicyclic amines) is 1. The van der Waals surface area contributed by atoms with Gasteiger partial charge in [-0.1, -0.05) is 30.3 Å². The summed E-state index contributed by atoms with van der Waals surface area (Å²) in [5.74, 6) is 0. The van der Waals surface area contributed by atoms with E-state index in [1.54, 1.807) is 12.1 Å². The number of hydrogen-bond donors (Lipinski definition) is 1. The SMILES string of the molecule is O=C(N[C@@H]1CCN(C(F)(F)F)C1)OCc1ccccc1. The second-order valence-electron chi connectivity index (χ2n) is 4.61. The van der Waals surface area contributed by atoms with E-state index in [2.05, 4.69) is 5.32 Å². The Hall–Kier alpha value is -1.76. The molecule has 2 rings (SSSR count). The van der Waals surface area contributed by atoms with Gasteiger partial charge in [-0.2, -0.15) is 13.2 Å². The number of alkyl halides is 3. The average Bonchev–Trinajstić information content (AvgIpc) is 2.86. The predicted molar refractivity (Wildman–Crippen MR) is 65.8 cm³/mol. The van der Waals surface area contributed by atoms with E-state index in [1.807, 2.05) is 18.2 Å². The van der Waals surface area contributed by atoms with E-state index in [4.69, 9.17) is 4.74 Å². The van der Waals surface area contributed by atoms with Gasteiger partial charge in [0.1, 0.15) is 6.61 Å². The zero-order chi connectivity index (χ0) is 14.6. The largest absolute Gasteiger partial charge is 0.459 e. The Bertz CT molecular complexity index is 451. The first-order valence-corrected chi connectivity index (χ1v) is 6.24. The number of hydrogen-bond acceptors (Lipinski definition) is 3. The molecule has 0 aromatic heterocycles. The van der Waals surface area contributed by atoms with E-state index in [-0.39, 0.29) is 26.1 Å². The summed E-state index contributed by atoms with van der Waals surface area (Å²) in [6.45, 7) is -0.237. The highest BCUT2D eigenvalue weighted by atomic mass is 19.4. The van der Waals surface area contributed by atoms with E-state index in [0.29, 0.717) is 4.90 Å². The molecule has 0 bridgehead atoms. The van der Waals surface area contributed by atoms with Crippen molar-refractivity contribution in [3.8, 4) is 0 Å². The number of alkyl carbamates (subject to hydrolysis) is 1. The Kier molecular flexibility index (Phi) is 4.49. The lowest BCUT2D eigenvalue weighted by Gasteiger charge is -2.19. The molecule has 0 unspecified atom stereocenters. The van der Waals surface area contributed by atoms with Crippen molar-refractivity contribution in [2.24, 2.45) is 0 Å². The fraction of sp³-hybridized carbons (Fsp3) is 0.462. The fourth-order valence-electron chi connectivity index (χ4n) is 2.04. The Labute approximate surface area is 114 Å². The van der Waals surface area contributed by atoms with Gasteiger partial charge in [-0.05, 0) is 12.0 Å². The first-order chi connectivity index (χ1) is 9.45. The fourth-order valence-corrected chi connectivity index (χ4v) is 2.04. The minimum atomic E-state index is -4.34. The number of benzene rings is 1. The Morgan fingerprint density at radius 3 is 2.65 bits per heavy atom. The molecule has 110 valence electrons. The lowest BCUT2D eigenvalue weighted by molar-refractivity contribution is -0.238. The van der Waals surface area contributed by atoms with Crippen molar-refractivity contribution in [2.45, 2.75) is 25.4 Å². The van der Waals surface area contributed by atoms with Gasteiger partial charge in [0.2, 0.25) is 0 Å². The van der Waals surface area contributed by atoms with E-state index >= 15 is 0 Å². The van der Waals surface area contributed by atoms with Gasteiger partial charge in [0.15, 0.2) is 0 Å². The highest BCUT2D eigenvalue weighted by molar-refractivity contribution is 5.67. The summed E-state index contributed by atoms with van der Waals surface area (Å²) in [5, 5.41) is 2.45. The highest BCUT2D eigenvalue weighted by Gasteiger charge is 2.42. The molecule has 1 atom stereocenters. The van der Waals surface area contributed by atoms with Crippen LogP contribution in [0.5, 0.6) is 0 Å². The molecule has 1 fully saturated rings. The van der Waals surface area contributed by atoms with Crippen molar-refractivity contribution in [3.05, 3.63) is 35.9 Å². The summed E-state index contributed by atoms with van der Waals surface area (Å²) in [6, 6.07) is 8.54. The average molecular weight is 288 g/mol. The molecule has 0 radical (unpaired) electrons. The highest BCUT2D eigenvalue weighted by Crippen LogP contribution is 2.25. The molecule has 1 aromatic rings. The van der Waals surface area contributed by atoms with Gasteiger partial charge < -0.3 is 10.1 Å². The standard InChI is InChI=1S/C13H15F3N2O2/c14-13(15,16)18-7-6-11(8-18)17-12(19)20-9-10-4-2-1-3-5-10/h1-5,11H,6-9H2,(H,17,19)/t11-/m1/s1. The predicted octanol–water partition coefficient (Wildman–Crippen LogP) is 2.51. The van der Waals surface area contributed by atoms with Gasteiger partial charge >= 0.3 is 12.4 Å². The molecule has 1 heterocycles. The topological polar surface area (TPSA) is 41.6 Å². The molecule has 20 heavy (non-hydrogen) atoms. The summed E-state index contributed by atoms with van der Waals surface area (Å²) in [6.07, 6.45) is -4.77. The van der Waals surface area contributed by atoms with Crippen LogP contribution >= 0.6 is 0 Å². The zero-order valence-electron chi connectivity index (χ0n) is 10.7. The number of carbonyl (C=O) groups excluding carboxylic acids is 1. The van der Waals surface area contributed by atoms with Crippen LogP contribution in [0.3, 0.4) is 0 Å². The third-order valence-corrected chi connectivity index (χ3v) is 3.08. The number of carbonyl (C=O) groups is 1. The molecule has 7 heteroatoms. The molecule has 0 saturated carbocycles. The number of halogens is 3. The van der Waals surface area contributed by atoms with Crippen LogP contribution < -0.4 is 5.32 Å². The Balaban J connectivity index is 1.73. The van der Waals surface area contributed by atoms with Crippen molar-refractivity contribution in [2.75, 3.05) is 13.1 Å². The van der Waals surface area contributed by atoms with Crippen molar-refractivity contribution in [1.29, 1.82) is 0 Å². The lowest BCUT2D eigenvalue weighted by atomic mass is 10.2. The molecule has 1 saturated heterocycles. The van der Waals surface area contributed by atoms with Crippen LogP contribution in [0, 0.1) is 0 Å². The quantitative estimate of drug-likeness (QED) is 0.869. The molecule has 0 aliphatic carbocycles. The molecule has 1 aromatic carbocycles. The Morgan fingerprint density at radius 1 is 1.35 bits per heavy atom. The van der Waals surface area contributed by atoms with Crippen LogP contribution in [0.25, 0.3) is 0 Å². The van der Waals surface area contributed by atoms with Gasteiger partial charge in [-0.3, -0.25) is 0 Å². The minimum absolute atomic E-state index is 0.0996. The van der Waals surface area contributed by atoms with Crippen LogP contribution in [0.1, 0.15) is 12.0 Å². The van der Waals surface area contributed by atoms with Gasteiger partial charge in [-0.25, -0.2) is 9.69 Å². The van der Waals surface area contributed by atoms with Crippen LogP contribution in [0.2, 0.25) is 0 Å². The normalized spacial score (nSPS) is 19.9. The van der Waals surface area contributed by atoms with Crippen LogP contribution in [0.4, 0.5) is 18.0 Å². The summed E-state index contributed by atoms with van der Waals surface area (Å²) >= 11 is 0. The van der Waals surface area contributed by atoms with Crippen molar-refractivity contribution in [1.82, 2.24) is 10.2 Å². The van der Waals surface area contributed by atoms with Gasteiger partial charge in [0.05, 0.1) is 0 Å².